The van der Waals surface area contributed by atoms with Crippen molar-refractivity contribution in [1.29, 1.82) is 0 Å². The molecule has 2 N–H and O–H groups in total. The number of anilines is 1. The van der Waals surface area contributed by atoms with Crippen LogP contribution in [0.5, 0.6) is 5.75 Å². The summed E-state index contributed by atoms with van der Waals surface area (Å²) in [7, 11) is 0. The largest absolute Gasteiger partial charge is 0.506 e. The van der Waals surface area contributed by atoms with Gasteiger partial charge in [0.05, 0.1) is 23.0 Å². The highest BCUT2D eigenvalue weighted by Gasteiger charge is 2.19. The van der Waals surface area contributed by atoms with E-state index in [-0.39, 0.29) is 34.2 Å². The van der Waals surface area contributed by atoms with Crippen LogP contribution in [0.15, 0.2) is 77.3 Å². The number of carbonyl (C=O) groups is 1. The molecule has 29 heavy (non-hydrogen) atoms. The van der Waals surface area contributed by atoms with Gasteiger partial charge in [-0.05, 0) is 42.5 Å². The first-order valence-corrected chi connectivity index (χ1v) is 9.01. The van der Waals surface area contributed by atoms with Crippen molar-refractivity contribution < 1.29 is 18.7 Å². The van der Waals surface area contributed by atoms with Crippen molar-refractivity contribution in [3.05, 3.63) is 89.3 Å². The van der Waals surface area contributed by atoms with Crippen molar-refractivity contribution in [2.75, 3.05) is 5.32 Å². The summed E-state index contributed by atoms with van der Waals surface area (Å²) in [4.78, 5) is 17.0. The maximum atomic E-state index is 14.0. The molecular weight excluding hydrogens is 395 g/mol. The number of hydrogen-bond donors (Lipinski definition) is 2. The Morgan fingerprint density at radius 2 is 1.76 bits per heavy atom. The number of benzene rings is 3. The second-order valence-corrected chi connectivity index (χ2v) is 6.61. The average molecular weight is 409 g/mol. The topological polar surface area (TPSA) is 75.4 Å². The number of carbonyl (C=O) groups excluding carboxylic acids is 1. The number of nitrogens with zero attached hydrogens (tertiary/aromatic N) is 1. The van der Waals surface area contributed by atoms with Crippen molar-refractivity contribution in [2.24, 2.45) is 0 Å². The molecule has 7 heteroatoms. The fourth-order valence-electron chi connectivity index (χ4n) is 2.85. The summed E-state index contributed by atoms with van der Waals surface area (Å²) < 4.78 is 19.7. The Morgan fingerprint density at radius 1 is 1.03 bits per heavy atom. The zero-order valence-corrected chi connectivity index (χ0v) is 15.7. The normalized spacial score (nSPS) is 10.7. The van der Waals surface area contributed by atoms with Gasteiger partial charge < -0.3 is 14.8 Å². The first-order chi connectivity index (χ1) is 14.0. The molecule has 0 saturated heterocycles. The molecule has 0 saturated carbocycles. The van der Waals surface area contributed by atoms with E-state index in [1.807, 2.05) is 0 Å². The number of halogens is 2. The van der Waals surface area contributed by atoms with Gasteiger partial charge in [-0.3, -0.25) is 4.79 Å². The lowest BCUT2D eigenvalue weighted by atomic mass is 10.1. The van der Waals surface area contributed by atoms with E-state index in [4.69, 9.17) is 16.0 Å². The van der Waals surface area contributed by atoms with Crippen molar-refractivity contribution in [3.63, 3.8) is 0 Å². The average Bonchev–Trinajstić information content (AvgIpc) is 3.21. The highest BCUT2D eigenvalue weighted by Crippen LogP contribution is 2.31. The van der Waals surface area contributed by atoms with Crippen LogP contribution in [-0.2, 0) is 0 Å². The zero-order chi connectivity index (χ0) is 20.4. The van der Waals surface area contributed by atoms with Gasteiger partial charge in [-0.15, -0.1) is 0 Å². The summed E-state index contributed by atoms with van der Waals surface area (Å²) in [6.07, 6.45) is 1.41. The number of nitrogens with one attached hydrogen (secondary N) is 1. The van der Waals surface area contributed by atoms with E-state index in [1.165, 1.54) is 30.5 Å². The molecule has 144 valence electrons. The van der Waals surface area contributed by atoms with Gasteiger partial charge in [0.2, 0.25) is 5.89 Å². The smallest absolute Gasteiger partial charge is 0.256 e. The van der Waals surface area contributed by atoms with Crippen LogP contribution in [0.2, 0.25) is 5.02 Å². The molecule has 4 rings (SSSR count). The molecule has 0 aliphatic rings. The minimum atomic E-state index is -0.483. The zero-order valence-electron chi connectivity index (χ0n) is 14.9. The van der Waals surface area contributed by atoms with Gasteiger partial charge in [-0.25, -0.2) is 9.37 Å². The lowest BCUT2D eigenvalue weighted by Gasteiger charge is -2.10. The molecule has 4 aromatic rings. The standard InChI is InChI=1S/C22H14ClFN2O3/c23-13-9-10-19(27)18(11-13)26-21(28)14-5-1-2-6-15(14)22-25-12-20(29-22)16-7-3-4-8-17(16)24/h1-12,27H,(H,26,28). The lowest BCUT2D eigenvalue weighted by molar-refractivity contribution is 0.102. The number of oxazole rings is 1. The SMILES string of the molecule is O=C(Nc1cc(Cl)ccc1O)c1ccccc1-c1ncc(-c2ccccc2F)o1. The van der Waals surface area contributed by atoms with E-state index >= 15 is 0 Å². The molecule has 3 aromatic carbocycles. The quantitative estimate of drug-likeness (QED) is 0.421. The van der Waals surface area contributed by atoms with E-state index in [1.54, 1.807) is 42.5 Å². The second-order valence-electron chi connectivity index (χ2n) is 6.17. The Bertz CT molecular complexity index is 1210. The number of aromatic nitrogens is 1. The molecule has 0 aliphatic heterocycles. The van der Waals surface area contributed by atoms with Gasteiger partial charge in [-0.1, -0.05) is 35.9 Å². The summed E-state index contributed by atoms with van der Waals surface area (Å²) in [6.45, 7) is 0. The first-order valence-electron chi connectivity index (χ1n) is 8.63. The predicted octanol–water partition coefficient (Wildman–Crippen LogP) is 5.76. The third-order valence-electron chi connectivity index (χ3n) is 4.25. The van der Waals surface area contributed by atoms with Crippen LogP contribution in [0.3, 0.4) is 0 Å². The molecule has 1 amide bonds. The van der Waals surface area contributed by atoms with Crippen LogP contribution in [0.25, 0.3) is 22.8 Å². The summed E-state index contributed by atoms with van der Waals surface area (Å²) in [5.41, 5.74) is 1.15. The van der Waals surface area contributed by atoms with E-state index in [9.17, 15) is 14.3 Å². The highest BCUT2D eigenvalue weighted by atomic mass is 35.5. The van der Waals surface area contributed by atoms with E-state index < -0.39 is 11.7 Å². The summed E-state index contributed by atoms with van der Waals surface area (Å²) >= 11 is 5.93. The predicted molar refractivity (Wildman–Crippen MR) is 108 cm³/mol. The Morgan fingerprint density at radius 3 is 2.55 bits per heavy atom. The molecular formula is C22H14ClFN2O3. The highest BCUT2D eigenvalue weighted by molar-refractivity contribution is 6.31. The van der Waals surface area contributed by atoms with Crippen molar-refractivity contribution in [2.45, 2.75) is 0 Å². The third-order valence-corrected chi connectivity index (χ3v) is 4.49. The maximum Gasteiger partial charge on any atom is 0.256 e. The lowest BCUT2D eigenvalue weighted by Crippen LogP contribution is -2.13. The molecule has 0 spiro atoms. The second kappa shape index (κ2) is 7.77. The Kier molecular flexibility index (Phi) is 5.01. The summed E-state index contributed by atoms with van der Waals surface area (Å²) in [6, 6.07) is 17.2. The van der Waals surface area contributed by atoms with Crippen LogP contribution in [0, 0.1) is 5.82 Å². The Balaban J connectivity index is 1.68. The Hall–Kier alpha value is -3.64. The molecule has 0 radical (unpaired) electrons. The van der Waals surface area contributed by atoms with E-state index in [0.717, 1.165) is 0 Å². The minimum absolute atomic E-state index is 0.113. The van der Waals surface area contributed by atoms with Gasteiger partial charge in [0.1, 0.15) is 11.6 Å². The molecule has 5 nitrogen and oxygen atoms in total. The van der Waals surface area contributed by atoms with Gasteiger partial charge in [0.25, 0.3) is 5.91 Å². The van der Waals surface area contributed by atoms with Crippen LogP contribution in [-0.4, -0.2) is 16.0 Å². The maximum absolute atomic E-state index is 14.0. The molecule has 0 fully saturated rings. The van der Waals surface area contributed by atoms with Gasteiger partial charge >= 0.3 is 0 Å². The van der Waals surface area contributed by atoms with Crippen LogP contribution in [0.1, 0.15) is 10.4 Å². The van der Waals surface area contributed by atoms with Crippen molar-refractivity contribution in [3.8, 4) is 28.5 Å². The van der Waals surface area contributed by atoms with Gasteiger partial charge in [-0.2, -0.15) is 0 Å². The summed E-state index contributed by atoms with van der Waals surface area (Å²) in [5.74, 6) is -0.607. The minimum Gasteiger partial charge on any atom is -0.506 e. The molecule has 1 heterocycles. The number of phenols is 1. The van der Waals surface area contributed by atoms with Gasteiger partial charge in [0, 0.05) is 10.6 Å². The van der Waals surface area contributed by atoms with Gasteiger partial charge in [0.15, 0.2) is 5.76 Å². The third kappa shape index (κ3) is 3.83. The fraction of sp³-hybridized carbons (Fsp3) is 0. The summed E-state index contributed by atoms with van der Waals surface area (Å²) in [5, 5.41) is 12.9. The molecule has 0 atom stereocenters. The fourth-order valence-corrected chi connectivity index (χ4v) is 3.02. The molecule has 0 aliphatic carbocycles. The molecule has 0 unspecified atom stereocenters. The Labute approximate surface area is 170 Å². The number of phenolic OH excluding ortho intramolecular Hbond substituents is 1. The van der Waals surface area contributed by atoms with Crippen molar-refractivity contribution >= 4 is 23.2 Å². The number of amides is 1. The van der Waals surface area contributed by atoms with Crippen LogP contribution < -0.4 is 5.32 Å². The van der Waals surface area contributed by atoms with Crippen LogP contribution >= 0.6 is 11.6 Å². The monoisotopic (exact) mass is 408 g/mol. The number of rotatable bonds is 4. The number of hydrogen-bond acceptors (Lipinski definition) is 4. The van der Waals surface area contributed by atoms with E-state index in [2.05, 4.69) is 10.3 Å². The van der Waals surface area contributed by atoms with E-state index in [0.29, 0.717) is 10.6 Å². The number of aromatic hydroxyl groups is 1. The molecule has 1 aromatic heterocycles. The molecule has 0 bridgehead atoms. The van der Waals surface area contributed by atoms with Crippen LogP contribution in [0.4, 0.5) is 10.1 Å². The first kappa shape index (κ1) is 18.7. The van der Waals surface area contributed by atoms with Crippen molar-refractivity contribution in [1.82, 2.24) is 4.98 Å².